The van der Waals surface area contributed by atoms with Gasteiger partial charge in [0.05, 0.1) is 0 Å². The Labute approximate surface area is 299 Å². The SMILES string of the molecule is CCCCCCCCCCCC.CCCCCCCCCCCC.CCCCCCCCCCCC.OP(O)(O)=S.OP(O)(O)=S. The second-order valence-electron chi connectivity index (χ2n) is 12.5. The van der Waals surface area contributed by atoms with Crippen molar-refractivity contribution in [3.63, 3.8) is 0 Å². The van der Waals surface area contributed by atoms with Gasteiger partial charge in [-0.1, -0.05) is 234 Å². The van der Waals surface area contributed by atoms with Gasteiger partial charge in [0.2, 0.25) is 0 Å². The van der Waals surface area contributed by atoms with E-state index in [4.69, 9.17) is 29.4 Å². The lowest BCUT2D eigenvalue weighted by molar-refractivity contribution is 0.361. The standard InChI is InChI=1S/3C12H26.2H3O3PS/c3*1-3-5-7-9-11-12-10-8-6-4-2;2*1-4(2,3)5/h3*3-12H2,1-2H3;2*(H3,1,2,3,5). The van der Waals surface area contributed by atoms with E-state index in [0.29, 0.717) is 0 Å². The van der Waals surface area contributed by atoms with Crippen molar-refractivity contribution in [2.75, 3.05) is 0 Å². The normalized spacial score (nSPS) is 10.8. The summed E-state index contributed by atoms with van der Waals surface area (Å²) in [5.74, 6) is 0. The quantitative estimate of drug-likeness (QED) is 0.0364. The van der Waals surface area contributed by atoms with Crippen molar-refractivity contribution >= 4 is 37.1 Å². The molecule has 0 spiro atoms. The van der Waals surface area contributed by atoms with Crippen LogP contribution < -0.4 is 0 Å². The summed E-state index contributed by atoms with van der Waals surface area (Å²) in [6.45, 7) is 6.06. The van der Waals surface area contributed by atoms with Crippen molar-refractivity contribution in [1.82, 2.24) is 0 Å². The van der Waals surface area contributed by atoms with E-state index in [9.17, 15) is 0 Å². The molecule has 6 N–H and O–H groups in total. The van der Waals surface area contributed by atoms with Crippen molar-refractivity contribution in [2.45, 2.75) is 234 Å². The molecule has 0 saturated carbocycles. The summed E-state index contributed by atoms with van der Waals surface area (Å²) in [7, 11) is 0. The van der Waals surface area contributed by atoms with Gasteiger partial charge in [0.15, 0.2) is 0 Å². The van der Waals surface area contributed by atoms with Crippen LogP contribution in [-0.2, 0) is 23.6 Å². The first kappa shape index (κ1) is 56.4. The highest BCUT2D eigenvalue weighted by Gasteiger charge is 1.94. The van der Waals surface area contributed by atoms with E-state index < -0.39 is 13.4 Å². The molecule has 0 aromatic rings. The lowest BCUT2D eigenvalue weighted by Gasteiger charge is -1.99. The zero-order valence-electron chi connectivity index (χ0n) is 31.6. The number of rotatable bonds is 27. The largest absolute Gasteiger partial charge is 0.325 e. The maximum absolute atomic E-state index is 7.56. The number of hydrogen-bond acceptors (Lipinski definition) is 2. The molecule has 0 aliphatic heterocycles. The van der Waals surface area contributed by atoms with Crippen molar-refractivity contribution < 1.29 is 29.4 Å². The Morgan fingerprint density at radius 1 is 0.239 bits per heavy atom. The Balaban J connectivity index is -0.000000159. The summed E-state index contributed by atoms with van der Waals surface area (Å²) in [6, 6.07) is 0. The fourth-order valence-corrected chi connectivity index (χ4v) is 4.68. The molecular weight excluding hydrogens is 654 g/mol. The van der Waals surface area contributed by atoms with Crippen molar-refractivity contribution in [1.29, 1.82) is 0 Å². The van der Waals surface area contributed by atoms with Crippen LogP contribution >= 0.6 is 13.4 Å². The highest BCUT2D eigenvalue weighted by Crippen LogP contribution is 2.27. The molecule has 0 saturated heterocycles. The van der Waals surface area contributed by atoms with Crippen molar-refractivity contribution in [3.05, 3.63) is 0 Å². The van der Waals surface area contributed by atoms with Gasteiger partial charge >= 0.3 is 13.4 Å². The van der Waals surface area contributed by atoms with Crippen LogP contribution in [0.5, 0.6) is 0 Å². The molecule has 10 heteroatoms. The summed E-state index contributed by atoms with van der Waals surface area (Å²) >= 11 is 7.21. The first-order valence-electron chi connectivity index (χ1n) is 19.3. The van der Waals surface area contributed by atoms with Crippen LogP contribution in [0, 0.1) is 0 Å². The number of unbranched alkanes of at least 4 members (excludes halogenated alkanes) is 27. The molecule has 0 radical (unpaired) electrons. The van der Waals surface area contributed by atoms with E-state index in [-0.39, 0.29) is 0 Å². The van der Waals surface area contributed by atoms with Gasteiger partial charge in [-0.15, -0.1) is 0 Å². The van der Waals surface area contributed by atoms with Gasteiger partial charge in [-0.3, -0.25) is 0 Å². The molecule has 46 heavy (non-hydrogen) atoms. The first-order chi connectivity index (χ1) is 21.7. The Hall–Kier alpha value is 1.06. The minimum atomic E-state index is -3.81. The van der Waals surface area contributed by atoms with Gasteiger partial charge in [-0.05, 0) is 23.6 Å². The Morgan fingerprint density at radius 3 is 0.370 bits per heavy atom. The molecule has 0 aliphatic rings. The maximum atomic E-state index is 7.56. The van der Waals surface area contributed by atoms with Crippen LogP contribution in [0.3, 0.4) is 0 Å². The smallest absolute Gasteiger partial charge is 0.319 e. The summed E-state index contributed by atoms with van der Waals surface area (Å²) in [5.41, 5.74) is 0. The van der Waals surface area contributed by atoms with Crippen molar-refractivity contribution in [2.24, 2.45) is 0 Å². The van der Waals surface area contributed by atoms with Gasteiger partial charge in [-0.25, -0.2) is 0 Å². The third kappa shape index (κ3) is 111. The average Bonchev–Trinajstić information content (AvgIpc) is 2.96. The summed E-state index contributed by atoms with van der Waals surface area (Å²) in [5, 5.41) is 0. The zero-order valence-corrected chi connectivity index (χ0v) is 35.0. The lowest BCUT2D eigenvalue weighted by Crippen LogP contribution is -1.80. The van der Waals surface area contributed by atoms with Crippen LogP contribution in [0.25, 0.3) is 0 Å². The van der Waals surface area contributed by atoms with Gasteiger partial charge in [0, 0.05) is 0 Å². The maximum Gasteiger partial charge on any atom is 0.319 e. The molecule has 0 aromatic carbocycles. The van der Waals surface area contributed by atoms with E-state index in [1.165, 1.54) is 193 Å². The molecule has 0 amide bonds. The molecule has 0 fully saturated rings. The van der Waals surface area contributed by atoms with E-state index >= 15 is 0 Å². The van der Waals surface area contributed by atoms with Crippen LogP contribution in [0.1, 0.15) is 234 Å². The van der Waals surface area contributed by atoms with Gasteiger partial charge < -0.3 is 29.4 Å². The van der Waals surface area contributed by atoms with Gasteiger partial charge in [-0.2, -0.15) is 0 Å². The molecule has 0 aromatic heterocycles. The van der Waals surface area contributed by atoms with Crippen LogP contribution in [0.2, 0.25) is 0 Å². The molecule has 0 rings (SSSR count). The fourth-order valence-electron chi connectivity index (χ4n) is 4.68. The third-order valence-electron chi connectivity index (χ3n) is 7.37. The van der Waals surface area contributed by atoms with Crippen LogP contribution in [0.15, 0.2) is 0 Å². The monoisotopic (exact) mass is 739 g/mol. The van der Waals surface area contributed by atoms with Crippen molar-refractivity contribution in [3.8, 4) is 0 Å². The topological polar surface area (TPSA) is 121 Å². The zero-order chi connectivity index (χ0) is 36.2. The summed E-state index contributed by atoms with van der Waals surface area (Å²) in [4.78, 5) is 45.3. The van der Waals surface area contributed by atoms with E-state index in [1.54, 1.807) is 0 Å². The number of hydrogen-bond donors (Lipinski definition) is 6. The molecule has 286 valence electrons. The molecule has 6 nitrogen and oxygen atoms in total. The van der Waals surface area contributed by atoms with Gasteiger partial charge in [0.1, 0.15) is 0 Å². The fraction of sp³-hybridized carbons (Fsp3) is 1.00. The van der Waals surface area contributed by atoms with Crippen LogP contribution in [-0.4, -0.2) is 29.4 Å². The first-order valence-corrected chi connectivity index (χ1v) is 24.6. The Morgan fingerprint density at radius 2 is 0.304 bits per heavy atom. The Bertz CT molecular complexity index is 475. The predicted octanol–water partition coefficient (Wildman–Crippen LogP) is 13.2. The third-order valence-corrected chi connectivity index (χ3v) is 7.37. The highest BCUT2D eigenvalue weighted by atomic mass is 32.5. The van der Waals surface area contributed by atoms with Crippen LogP contribution in [0.4, 0.5) is 0 Å². The van der Waals surface area contributed by atoms with E-state index in [0.717, 1.165) is 0 Å². The average molecular weight is 739 g/mol. The molecule has 0 atom stereocenters. The van der Waals surface area contributed by atoms with E-state index in [2.05, 4.69) is 65.2 Å². The minimum absolute atomic E-state index is 1.37. The predicted molar refractivity (Wildman–Crippen MR) is 214 cm³/mol. The summed E-state index contributed by atoms with van der Waals surface area (Å²) in [6.07, 6.45) is 43.3. The highest BCUT2D eigenvalue weighted by molar-refractivity contribution is 8.06. The molecular formula is C36H84O6P2S2. The van der Waals surface area contributed by atoms with E-state index in [1.807, 2.05) is 0 Å². The minimum Gasteiger partial charge on any atom is -0.325 e. The molecule has 0 bridgehead atoms. The Kier molecular flexibility index (Phi) is 61.9. The molecule has 0 unspecified atom stereocenters. The molecule has 0 aliphatic carbocycles. The second kappa shape index (κ2) is 50.4. The second-order valence-corrected chi connectivity index (χ2v) is 17.5. The lowest BCUT2D eigenvalue weighted by atomic mass is 10.1. The van der Waals surface area contributed by atoms with Gasteiger partial charge in [0.25, 0.3) is 0 Å². The summed E-state index contributed by atoms with van der Waals surface area (Å²) < 4.78 is 0. The molecule has 0 heterocycles.